The predicted molar refractivity (Wildman–Crippen MR) is 158 cm³/mol. The van der Waals surface area contributed by atoms with Crippen molar-refractivity contribution >= 4 is 35.1 Å². The van der Waals surface area contributed by atoms with E-state index in [9.17, 15) is 19.5 Å². The molecule has 3 saturated heterocycles. The molecule has 2 bridgehead atoms. The van der Waals surface area contributed by atoms with Crippen LogP contribution in [0.1, 0.15) is 58.8 Å². The Kier molecular flexibility index (Phi) is 9.98. The minimum Gasteiger partial charge on any atom is -0.465 e. The lowest BCUT2D eigenvalue weighted by Crippen LogP contribution is -2.57. The zero-order valence-corrected chi connectivity index (χ0v) is 25.0. The van der Waals surface area contributed by atoms with Crippen LogP contribution < -0.4 is 4.90 Å². The normalized spacial score (nSPS) is 29.9. The summed E-state index contributed by atoms with van der Waals surface area (Å²) in [5.41, 5.74) is -1.45. The number of nitrogens with zero attached hydrogens (tertiary/aromatic N) is 2. The highest BCUT2D eigenvalue weighted by molar-refractivity contribution is 6.30. The third-order valence-corrected chi connectivity index (χ3v) is 9.37. The summed E-state index contributed by atoms with van der Waals surface area (Å²) >= 11 is 6.12. The van der Waals surface area contributed by atoms with E-state index >= 15 is 0 Å². The van der Waals surface area contributed by atoms with Crippen molar-refractivity contribution < 1.29 is 29.0 Å². The van der Waals surface area contributed by atoms with Gasteiger partial charge < -0.3 is 24.4 Å². The van der Waals surface area contributed by atoms with Crippen LogP contribution in [0.4, 0.5) is 5.69 Å². The van der Waals surface area contributed by atoms with E-state index in [0.29, 0.717) is 49.4 Å². The summed E-state index contributed by atoms with van der Waals surface area (Å²) in [6, 6.07) is 6.06. The van der Waals surface area contributed by atoms with Crippen molar-refractivity contribution in [1.82, 2.24) is 4.90 Å². The Balaban J connectivity index is 1.71. The summed E-state index contributed by atoms with van der Waals surface area (Å²) in [4.78, 5) is 45.7. The van der Waals surface area contributed by atoms with E-state index in [-0.39, 0.29) is 37.5 Å². The molecule has 3 unspecified atom stereocenters. The van der Waals surface area contributed by atoms with E-state index in [1.54, 1.807) is 40.1 Å². The molecule has 9 heteroatoms. The molecule has 3 aliphatic heterocycles. The minimum absolute atomic E-state index is 0.0617. The standard InChI is InChI=1S/C32H43ClN2O6/c1-5-7-8-12-20-40-30(39)26-25-28(37)35(18-10-9-11-19-36)27(32(25)21-22(3)31(26,4)41-32)29(38)34(17-6-2)24-15-13-23(33)14-16-24/h5-6,13-16,22,25-27,36H,1-2,7-12,17-21H2,3-4H3/t22?,25-,26+,27?,31-,32?/m0/s1. The van der Waals surface area contributed by atoms with Crippen LogP contribution in [0, 0.1) is 17.8 Å². The van der Waals surface area contributed by atoms with Crippen LogP contribution in [0.15, 0.2) is 49.6 Å². The van der Waals surface area contributed by atoms with E-state index < -0.39 is 35.0 Å². The molecule has 1 spiro atoms. The van der Waals surface area contributed by atoms with Crippen LogP contribution >= 0.6 is 11.6 Å². The maximum Gasteiger partial charge on any atom is 0.312 e. The number of halogens is 1. The third kappa shape index (κ3) is 5.71. The molecule has 1 aromatic carbocycles. The second-order valence-electron chi connectivity index (χ2n) is 11.7. The molecule has 6 atom stereocenters. The summed E-state index contributed by atoms with van der Waals surface area (Å²) in [6.07, 6.45) is 8.30. The molecule has 1 aromatic rings. The van der Waals surface area contributed by atoms with Gasteiger partial charge in [-0.1, -0.05) is 30.7 Å². The molecular weight excluding hydrogens is 544 g/mol. The van der Waals surface area contributed by atoms with Crippen molar-refractivity contribution in [1.29, 1.82) is 0 Å². The van der Waals surface area contributed by atoms with Crippen molar-refractivity contribution in [3.63, 3.8) is 0 Å². The van der Waals surface area contributed by atoms with Gasteiger partial charge in [-0.2, -0.15) is 0 Å². The largest absolute Gasteiger partial charge is 0.465 e. The average Bonchev–Trinajstić information content (AvgIpc) is 3.46. The Hall–Kier alpha value is -2.68. The molecule has 0 aliphatic carbocycles. The molecule has 3 fully saturated rings. The van der Waals surface area contributed by atoms with Gasteiger partial charge in [-0.3, -0.25) is 14.4 Å². The molecule has 0 aromatic heterocycles. The molecule has 0 radical (unpaired) electrons. The number of carbonyl (C=O) groups excluding carboxylic acids is 3. The Labute approximate surface area is 248 Å². The molecule has 0 saturated carbocycles. The number of hydrogen-bond acceptors (Lipinski definition) is 6. The molecule has 3 aliphatic rings. The Bertz CT molecular complexity index is 1140. The first-order valence-electron chi connectivity index (χ1n) is 14.7. The summed E-state index contributed by atoms with van der Waals surface area (Å²) in [6.45, 7) is 12.4. The van der Waals surface area contributed by atoms with Gasteiger partial charge in [0.2, 0.25) is 5.91 Å². The van der Waals surface area contributed by atoms with Gasteiger partial charge in [-0.05, 0) is 82.1 Å². The smallest absolute Gasteiger partial charge is 0.312 e. The fraction of sp³-hybridized carbons (Fsp3) is 0.594. The zero-order chi connectivity index (χ0) is 29.8. The van der Waals surface area contributed by atoms with E-state index in [1.165, 1.54) is 0 Å². The van der Waals surface area contributed by atoms with Gasteiger partial charge in [0.25, 0.3) is 5.91 Å². The van der Waals surface area contributed by atoms with E-state index in [1.807, 2.05) is 19.9 Å². The van der Waals surface area contributed by atoms with Gasteiger partial charge >= 0.3 is 5.97 Å². The maximum atomic E-state index is 14.6. The van der Waals surface area contributed by atoms with Crippen LogP contribution in [0.3, 0.4) is 0 Å². The van der Waals surface area contributed by atoms with Crippen LogP contribution in [-0.2, 0) is 23.9 Å². The molecule has 3 heterocycles. The number of hydrogen-bond donors (Lipinski definition) is 1. The molecule has 41 heavy (non-hydrogen) atoms. The number of carbonyl (C=O) groups is 3. The summed E-state index contributed by atoms with van der Waals surface area (Å²) in [5.74, 6) is -2.65. The fourth-order valence-electron chi connectivity index (χ4n) is 7.06. The van der Waals surface area contributed by atoms with Crippen molar-refractivity contribution in [2.24, 2.45) is 17.8 Å². The number of benzene rings is 1. The highest BCUT2D eigenvalue weighted by Crippen LogP contribution is 2.65. The van der Waals surface area contributed by atoms with Gasteiger partial charge in [0.05, 0.1) is 18.1 Å². The molecule has 8 nitrogen and oxygen atoms in total. The van der Waals surface area contributed by atoms with Crippen molar-refractivity contribution in [2.45, 2.75) is 76.0 Å². The number of allylic oxidation sites excluding steroid dienone is 1. The van der Waals surface area contributed by atoms with Crippen molar-refractivity contribution in [3.8, 4) is 0 Å². The summed E-state index contributed by atoms with van der Waals surface area (Å²) in [7, 11) is 0. The first-order valence-corrected chi connectivity index (χ1v) is 15.1. The van der Waals surface area contributed by atoms with E-state index in [2.05, 4.69) is 13.2 Å². The Morgan fingerprint density at radius 3 is 2.56 bits per heavy atom. The highest BCUT2D eigenvalue weighted by Gasteiger charge is 2.80. The quantitative estimate of drug-likeness (QED) is 0.178. The number of aliphatic hydroxyl groups is 1. The van der Waals surface area contributed by atoms with E-state index in [4.69, 9.17) is 21.1 Å². The van der Waals surface area contributed by atoms with Crippen LogP contribution in [0.2, 0.25) is 5.02 Å². The Morgan fingerprint density at radius 1 is 1.17 bits per heavy atom. The fourth-order valence-corrected chi connectivity index (χ4v) is 7.19. The molecule has 4 rings (SSSR count). The number of unbranched alkanes of at least 4 members (excludes halogenated alkanes) is 4. The number of likely N-dealkylation sites (tertiary alicyclic amines) is 1. The lowest BCUT2D eigenvalue weighted by atomic mass is 9.62. The predicted octanol–water partition coefficient (Wildman–Crippen LogP) is 4.93. The Morgan fingerprint density at radius 2 is 1.90 bits per heavy atom. The lowest BCUT2D eigenvalue weighted by Gasteiger charge is -2.37. The first kappa shape index (κ1) is 31.3. The highest BCUT2D eigenvalue weighted by atomic mass is 35.5. The first-order chi connectivity index (χ1) is 19.7. The average molecular weight is 587 g/mol. The second-order valence-corrected chi connectivity index (χ2v) is 12.1. The summed E-state index contributed by atoms with van der Waals surface area (Å²) in [5, 5.41) is 9.83. The van der Waals surface area contributed by atoms with Gasteiger partial charge in [-0.15, -0.1) is 13.2 Å². The van der Waals surface area contributed by atoms with Crippen LogP contribution in [0.25, 0.3) is 0 Å². The number of anilines is 1. The topological polar surface area (TPSA) is 96.4 Å². The van der Waals surface area contributed by atoms with E-state index in [0.717, 1.165) is 12.8 Å². The monoisotopic (exact) mass is 586 g/mol. The van der Waals surface area contributed by atoms with Gasteiger partial charge in [-0.25, -0.2) is 0 Å². The number of fused-ring (bicyclic) bond motifs is 1. The molecular formula is C32H43ClN2O6. The van der Waals surface area contributed by atoms with Gasteiger partial charge in [0.1, 0.15) is 17.6 Å². The number of esters is 1. The number of amides is 2. The third-order valence-electron chi connectivity index (χ3n) is 9.12. The van der Waals surface area contributed by atoms with Crippen molar-refractivity contribution in [3.05, 3.63) is 54.6 Å². The minimum atomic E-state index is -1.16. The molecule has 224 valence electrons. The number of rotatable bonds is 15. The maximum absolute atomic E-state index is 14.6. The number of ether oxygens (including phenoxy) is 2. The zero-order valence-electron chi connectivity index (χ0n) is 24.2. The molecule has 1 N–H and O–H groups in total. The van der Waals surface area contributed by atoms with Gasteiger partial charge in [0.15, 0.2) is 0 Å². The summed E-state index contributed by atoms with van der Waals surface area (Å²) < 4.78 is 12.5. The SMILES string of the molecule is C=CCCCCOC(=O)[C@H]1[C@H]2C(=O)N(CCCCCO)C(C(=O)N(CC=C)c3ccc(Cl)cc3)C23CC(C)[C@]1(C)O3. The lowest BCUT2D eigenvalue weighted by molar-refractivity contribution is -0.161. The van der Waals surface area contributed by atoms with Crippen molar-refractivity contribution in [2.75, 3.05) is 31.2 Å². The number of aliphatic hydroxyl groups excluding tert-OH is 1. The van der Waals surface area contributed by atoms with Crippen LogP contribution in [-0.4, -0.2) is 71.3 Å². The second kappa shape index (κ2) is 13.1. The van der Waals surface area contributed by atoms with Gasteiger partial charge in [0, 0.05) is 30.4 Å². The van der Waals surface area contributed by atoms with Crippen LogP contribution in [0.5, 0.6) is 0 Å². The molecule has 2 amide bonds.